The quantitative estimate of drug-likeness (QED) is 0.276. The Morgan fingerprint density at radius 3 is 2.40 bits per heavy atom. The standard InChI is InChI=1S/C23H41N5O.HI/c1-6-24-23(25-16-20-9-7-8-10-21(20)18-27(4)5)26-17-22(15-19(2)3)28-11-13-29-14-12-28;/h7-10,19,22H,6,11-18H2,1-5H3,(H2,24,25,26);1H. The monoisotopic (exact) mass is 531 g/mol. The SMILES string of the molecule is CCNC(=NCc1ccccc1CN(C)C)NCC(CC(C)C)N1CCOCC1.I. The molecule has 1 saturated heterocycles. The van der Waals surface area contributed by atoms with Crippen molar-refractivity contribution >= 4 is 29.9 Å². The number of hydrogen-bond acceptors (Lipinski definition) is 4. The molecule has 2 rings (SSSR count). The lowest BCUT2D eigenvalue weighted by molar-refractivity contribution is 0.0132. The first-order chi connectivity index (χ1) is 14.0. The maximum absolute atomic E-state index is 5.54. The average Bonchev–Trinajstić information content (AvgIpc) is 2.70. The fraction of sp³-hybridized carbons (Fsp3) is 0.696. The van der Waals surface area contributed by atoms with Crippen LogP contribution < -0.4 is 10.6 Å². The molecule has 1 aromatic rings. The van der Waals surface area contributed by atoms with E-state index in [2.05, 4.69) is 79.6 Å². The maximum atomic E-state index is 5.54. The number of hydrogen-bond donors (Lipinski definition) is 2. The molecule has 0 aliphatic carbocycles. The van der Waals surface area contributed by atoms with E-state index in [-0.39, 0.29) is 24.0 Å². The fourth-order valence-corrected chi connectivity index (χ4v) is 3.78. The van der Waals surface area contributed by atoms with Gasteiger partial charge in [-0.2, -0.15) is 0 Å². The maximum Gasteiger partial charge on any atom is 0.191 e. The van der Waals surface area contributed by atoms with Gasteiger partial charge in [-0.05, 0) is 44.5 Å². The lowest BCUT2D eigenvalue weighted by Gasteiger charge is -2.35. The van der Waals surface area contributed by atoms with Crippen molar-refractivity contribution in [1.82, 2.24) is 20.4 Å². The summed E-state index contributed by atoms with van der Waals surface area (Å²) in [6.07, 6.45) is 1.18. The van der Waals surface area contributed by atoms with Crippen LogP contribution in [0.5, 0.6) is 0 Å². The van der Waals surface area contributed by atoms with Crippen molar-refractivity contribution in [3.8, 4) is 0 Å². The molecular formula is C23H42IN5O. The minimum absolute atomic E-state index is 0. The van der Waals surface area contributed by atoms with Gasteiger partial charge in [-0.25, -0.2) is 4.99 Å². The van der Waals surface area contributed by atoms with Gasteiger partial charge in [0.2, 0.25) is 0 Å². The Hall–Kier alpha value is -0.900. The third-order valence-corrected chi connectivity index (χ3v) is 5.17. The Morgan fingerprint density at radius 2 is 1.80 bits per heavy atom. The summed E-state index contributed by atoms with van der Waals surface area (Å²) in [4.78, 5) is 9.64. The lowest BCUT2D eigenvalue weighted by Crippen LogP contribution is -2.51. The Labute approximate surface area is 200 Å². The average molecular weight is 532 g/mol. The van der Waals surface area contributed by atoms with Crippen LogP contribution in [0.1, 0.15) is 38.3 Å². The second-order valence-corrected chi connectivity index (χ2v) is 8.51. The van der Waals surface area contributed by atoms with E-state index in [0.29, 0.717) is 18.5 Å². The minimum atomic E-state index is 0. The van der Waals surface area contributed by atoms with Crippen molar-refractivity contribution in [2.45, 2.75) is 46.3 Å². The number of rotatable bonds is 10. The van der Waals surface area contributed by atoms with Gasteiger partial charge in [0.1, 0.15) is 0 Å². The first kappa shape index (κ1) is 27.1. The van der Waals surface area contributed by atoms with Gasteiger partial charge in [-0.1, -0.05) is 38.1 Å². The molecule has 0 spiro atoms. The van der Waals surface area contributed by atoms with Crippen molar-refractivity contribution in [3.05, 3.63) is 35.4 Å². The van der Waals surface area contributed by atoms with Crippen LogP contribution in [-0.4, -0.2) is 75.3 Å². The van der Waals surface area contributed by atoms with Gasteiger partial charge in [-0.15, -0.1) is 24.0 Å². The molecular weight excluding hydrogens is 489 g/mol. The summed E-state index contributed by atoms with van der Waals surface area (Å²) in [5.74, 6) is 1.57. The molecule has 2 N–H and O–H groups in total. The van der Waals surface area contributed by atoms with Gasteiger partial charge in [0.05, 0.1) is 19.8 Å². The zero-order valence-electron chi connectivity index (χ0n) is 19.5. The van der Waals surface area contributed by atoms with Crippen LogP contribution in [0.25, 0.3) is 0 Å². The van der Waals surface area contributed by atoms with Crippen molar-refractivity contribution in [2.24, 2.45) is 10.9 Å². The van der Waals surface area contributed by atoms with Crippen LogP contribution >= 0.6 is 24.0 Å². The van der Waals surface area contributed by atoms with E-state index in [1.165, 1.54) is 17.5 Å². The molecule has 1 heterocycles. The van der Waals surface area contributed by atoms with Crippen molar-refractivity contribution in [2.75, 3.05) is 53.5 Å². The number of nitrogens with zero attached hydrogens (tertiary/aromatic N) is 3. The van der Waals surface area contributed by atoms with Crippen LogP contribution in [-0.2, 0) is 17.8 Å². The third-order valence-electron chi connectivity index (χ3n) is 5.17. The normalized spacial score (nSPS) is 16.4. The topological polar surface area (TPSA) is 52.1 Å². The summed E-state index contributed by atoms with van der Waals surface area (Å²) in [6, 6.07) is 9.09. The molecule has 0 bridgehead atoms. The van der Waals surface area contributed by atoms with Crippen LogP contribution in [0, 0.1) is 5.92 Å². The molecule has 172 valence electrons. The van der Waals surface area contributed by atoms with Crippen molar-refractivity contribution < 1.29 is 4.74 Å². The smallest absolute Gasteiger partial charge is 0.191 e. The van der Waals surface area contributed by atoms with E-state index < -0.39 is 0 Å². The van der Waals surface area contributed by atoms with Crippen LogP contribution in [0.3, 0.4) is 0 Å². The molecule has 1 fully saturated rings. The Balaban J connectivity index is 0.00000450. The molecule has 1 aromatic carbocycles. The number of benzene rings is 1. The summed E-state index contributed by atoms with van der Waals surface area (Å²) < 4.78 is 5.54. The lowest BCUT2D eigenvalue weighted by atomic mass is 10.0. The minimum Gasteiger partial charge on any atom is -0.379 e. The molecule has 7 heteroatoms. The zero-order valence-corrected chi connectivity index (χ0v) is 21.8. The van der Waals surface area contributed by atoms with Crippen LogP contribution in [0.15, 0.2) is 29.3 Å². The van der Waals surface area contributed by atoms with Crippen molar-refractivity contribution in [1.29, 1.82) is 0 Å². The first-order valence-electron chi connectivity index (χ1n) is 11.0. The molecule has 6 nitrogen and oxygen atoms in total. The summed E-state index contributed by atoms with van der Waals surface area (Å²) in [7, 11) is 4.21. The Morgan fingerprint density at radius 1 is 1.13 bits per heavy atom. The van der Waals surface area contributed by atoms with E-state index in [4.69, 9.17) is 9.73 Å². The second-order valence-electron chi connectivity index (χ2n) is 8.51. The van der Waals surface area contributed by atoms with Gasteiger partial charge >= 0.3 is 0 Å². The summed E-state index contributed by atoms with van der Waals surface area (Å²) in [5.41, 5.74) is 2.62. The van der Waals surface area contributed by atoms with E-state index in [1.807, 2.05) is 0 Å². The number of halogens is 1. The molecule has 0 amide bonds. The van der Waals surface area contributed by atoms with Crippen molar-refractivity contribution in [3.63, 3.8) is 0 Å². The molecule has 1 atom stereocenters. The van der Waals surface area contributed by atoms with E-state index in [0.717, 1.165) is 51.9 Å². The highest BCUT2D eigenvalue weighted by Gasteiger charge is 2.22. The summed E-state index contributed by atoms with van der Waals surface area (Å²) in [5, 5.41) is 7.01. The predicted octanol–water partition coefficient (Wildman–Crippen LogP) is 3.17. The summed E-state index contributed by atoms with van der Waals surface area (Å²) >= 11 is 0. The Bertz CT molecular complexity index is 617. The van der Waals surface area contributed by atoms with Gasteiger partial charge in [-0.3, -0.25) is 4.90 Å². The van der Waals surface area contributed by atoms with Gasteiger partial charge < -0.3 is 20.3 Å². The highest BCUT2D eigenvalue weighted by molar-refractivity contribution is 14.0. The molecule has 1 aliphatic rings. The molecule has 1 aliphatic heterocycles. The third kappa shape index (κ3) is 9.94. The fourth-order valence-electron chi connectivity index (χ4n) is 3.78. The number of morpholine rings is 1. The number of ether oxygens (including phenoxy) is 1. The molecule has 30 heavy (non-hydrogen) atoms. The number of nitrogens with one attached hydrogen (secondary N) is 2. The Kier molecular flexibility index (Phi) is 13.6. The van der Waals surface area contributed by atoms with Crippen LogP contribution in [0.2, 0.25) is 0 Å². The highest BCUT2D eigenvalue weighted by atomic mass is 127. The number of guanidine groups is 1. The molecule has 1 unspecified atom stereocenters. The molecule has 0 radical (unpaired) electrons. The second kappa shape index (κ2) is 15.0. The van der Waals surface area contributed by atoms with E-state index in [9.17, 15) is 0 Å². The molecule has 0 saturated carbocycles. The first-order valence-corrected chi connectivity index (χ1v) is 11.0. The van der Waals surface area contributed by atoms with Gasteiger partial charge in [0.15, 0.2) is 5.96 Å². The molecule has 0 aromatic heterocycles. The number of aliphatic imine (C=N–C) groups is 1. The summed E-state index contributed by atoms with van der Waals surface area (Å²) in [6.45, 7) is 13.8. The predicted molar refractivity (Wildman–Crippen MR) is 138 cm³/mol. The zero-order chi connectivity index (χ0) is 21.1. The van der Waals surface area contributed by atoms with E-state index in [1.54, 1.807) is 0 Å². The van der Waals surface area contributed by atoms with Crippen LogP contribution in [0.4, 0.5) is 0 Å². The van der Waals surface area contributed by atoms with Gasteiger partial charge in [0, 0.05) is 38.8 Å². The van der Waals surface area contributed by atoms with Gasteiger partial charge in [0.25, 0.3) is 0 Å². The van der Waals surface area contributed by atoms with E-state index >= 15 is 0 Å². The highest BCUT2D eigenvalue weighted by Crippen LogP contribution is 2.14. The largest absolute Gasteiger partial charge is 0.379 e.